The first-order valence-corrected chi connectivity index (χ1v) is 19.3. The van der Waals surface area contributed by atoms with Gasteiger partial charge in [-0.2, -0.15) is 0 Å². The SMILES string of the molecule is CC1(c2ccccc2)c2ccccc2-c2cc(-c3cc(-c4ccc(-c5c6ccccc6cc6c5ccc5ccccc56)cc4)nc(-c4ccccc4)n3)ccc21. The summed E-state index contributed by atoms with van der Waals surface area (Å²) in [5, 5.41) is 7.55. The van der Waals surface area contributed by atoms with E-state index in [0.717, 1.165) is 28.1 Å². The summed E-state index contributed by atoms with van der Waals surface area (Å²) in [6, 6.07) is 72.3. The summed E-state index contributed by atoms with van der Waals surface area (Å²) in [6.45, 7) is 2.36. The average molecular weight is 713 g/mol. The van der Waals surface area contributed by atoms with Crippen LogP contribution in [-0.4, -0.2) is 9.97 Å². The highest BCUT2D eigenvalue weighted by molar-refractivity contribution is 6.20. The number of aromatic nitrogens is 2. The van der Waals surface area contributed by atoms with Crippen LogP contribution in [0.5, 0.6) is 0 Å². The van der Waals surface area contributed by atoms with Crippen LogP contribution in [0, 0.1) is 0 Å². The molecule has 0 saturated carbocycles. The summed E-state index contributed by atoms with van der Waals surface area (Å²) in [5.41, 5.74) is 13.6. The van der Waals surface area contributed by atoms with Crippen molar-refractivity contribution in [1.29, 1.82) is 0 Å². The smallest absolute Gasteiger partial charge is 0.160 e. The van der Waals surface area contributed by atoms with E-state index in [2.05, 4.69) is 189 Å². The zero-order valence-corrected chi connectivity index (χ0v) is 30.9. The Hall–Kier alpha value is -7.16. The predicted octanol–water partition coefficient (Wildman–Crippen LogP) is 13.9. The van der Waals surface area contributed by atoms with Crippen molar-refractivity contribution in [2.75, 3.05) is 0 Å². The summed E-state index contributed by atoms with van der Waals surface area (Å²) in [6.07, 6.45) is 0. The van der Waals surface area contributed by atoms with Crippen LogP contribution < -0.4 is 0 Å². The van der Waals surface area contributed by atoms with Crippen LogP contribution >= 0.6 is 0 Å². The van der Waals surface area contributed by atoms with Gasteiger partial charge in [0.2, 0.25) is 0 Å². The number of fused-ring (bicyclic) bond motifs is 7. The molecule has 1 aliphatic carbocycles. The number of hydrogen-bond acceptors (Lipinski definition) is 2. The van der Waals surface area contributed by atoms with E-state index in [-0.39, 0.29) is 5.41 Å². The van der Waals surface area contributed by atoms with Crippen molar-refractivity contribution in [2.45, 2.75) is 12.3 Å². The fraction of sp³-hybridized carbons (Fsp3) is 0.0370. The monoisotopic (exact) mass is 712 g/mol. The Morgan fingerprint density at radius 1 is 0.357 bits per heavy atom. The summed E-state index contributed by atoms with van der Waals surface area (Å²) in [5.74, 6) is 0.712. The van der Waals surface area contributed by atoms with E-state index < -0.39 is 0 Å². The van der Waals surface area contributed by atoms with Crippen molar-refractivity contribution in [2.24, 2.45) is 0 Å². The largest absolute Gasteiger partial charge is 0.228 e. The maximum atomic E-state index is 5.22. The third kappa shape index (κ3) is 5.03. The van der Waals surface area contributed by atoms with Crippen LogP contribution in [0.2, 0.25) is 0 Å². The van der Waals surface area contributed by atoms with Gasteiger partial charge < -0.3 is 0 Å². The van der Waals surface area contributed by atoms with Gasteiger partial charge in [-0.3, -0.25) is 0 Å². The molecule has 262 valence electrons. The van der Waals surface area contributed by atoms with Crippen LogP contribution in [0.3, 0.4) is 0 Å². The molecule has 1 unspecified atom stereocenters. The lowest BCUT2D eigenvalue weighted by molar-refractivity contribution is 0.714. The van der Waals surface area contributed by atoms with E-state index in [1.807, 2.05) is 18.2 Å². The molecule has 9 aromatic carbocycles. The van der Waals surface area contributed by atoms with Gasteiger partial charge in [0.05, 0.1) is 11.4 Å². The summed E-state index contributed by atoms with van der Waals surface area (Å²) in [7, 11) is 0. The highest BCUT2D eigenvalue weighted by Gasteiger charge is 2.40. The molecule has 2 nitrogen and oxygen atoms in total. The van der Waals surface area contributed by atoms with E-state index in [1.165, 1.54) is 71.3 Å². The minimum atomic E-state index is -0.248. The van der Waals surface area contributed by atoms with E-state index in [1.54, 1.807) is 0 Å². The van der Waals surface area contributed by atoms with Crippen molar-refractivity contribution < 1.29 is 0 Å². The first-order chi connectivity index (χ1) is 27.6. The van der Waals surface area contributed by atoms with Gasteiger partial charge in [0, 0.05) is 22.1 Å². The Bertz CT molecular complexity index is 3130. The molecule has 0 fully saturated rings. The minimum Gasteiger partial charge on any atom is -0.228 e. The van der Waals surface area contributed by atoms with Gasteiger partial charge in [0.25, 0.3) is 0 Å². The molecule has 1 aliphatic rings. The molecular weight excluding hydrogens is 677 g/mol. The molecule has 1 heterocycles. The van der Waals surface area contributed by atoms with Gasteiger partial charge in [-0.05, 0) is 96.4 Å². The molecule has 0 N–H and O–H groups in total. The molecule has 56 heavy (non-hydrogen) atoms. The van der Waals surface area contributed by atoms with Crippen LogP contribution in [0.25, 0.3) is 88.5 Å². The molecule has 2 heteroatoms. The molecule has 1 atom stereocenters. The molecule has 0 amide bonds. The van der Waals surface area contributed by atoms with E-state index in [4.69, 9.17) is 9.97 Å². The Balaban J connectivity index is 1.06. The molecule has 0 bridgehead atoms. The second-order valence-electron chi connectivity index (χ2n) is 15.1. The van der Waals surface area contributed by atoms with Gasteiger partial charge in [0.15, 0.2) is 5.82 Å². The Morgan fingerprint density at radius 3 is 1.77 bits per heavy atom. The lowest BCUT2D eigenvalue weighted by Gasteiger charge is -2.28. The van der Waals surface area contributed by atoms with Crippen molar-refractivity contribution in [1.82, 2.24) is 9.97 Å². The minimum absolute atomic E-state index is 0.248. The van der Waals surface area contributed by atoms with Crippen LogP contribution in [0.4, 0.5) is 0 Å². The maximum absolute atomic E-state index is 5.22. The molecule has 0 saturated heterocycles. The maximum Gasteiger partial charge on any atom is 0.160 e. The molecule has 0 spiro atoms. The second-order valence-corrected chi connectivity index (χ2v) is 15.1. The topological polar surface area (TPSA) is 25.8 Å². The predicted molar refractivity (Wildman–Crippen MR) is 234 cm³/mol. The quantitative estimate of drug-likeness (QED) is 0.131. The Labute approximate surface area is 326 Å². The van der Waals surface area contributed by atoms with Gasteiger partial charge in [-0.15, -0.1) is 0 Å². The standard InChI is InChI=1S/C54H36N2/c1-54(41-18-6-3-7-19-41)48-23-13-12-22-44(48)47-33-40(29-31-49(47)54)51-34-50(55-53(56-51)38-15-4-2-5-16-38)36-24-26-37(27-25-36)52-43-21-11-9-17-39(43)32-46-42-20-10-8-14-35(42)28-30-45(46)52/h2-34H,1H3. The fourth-order valence-corrected chi connectivity index (χ4v) is 9.14. The van der Waals surface area contributed by atoms with Crippen LogP contribution in [0.15, 0.2) is 200 Å². The van der Waals surface area contributed by atoms with Crippen LogP contribution in [0.1, 0.15) is 23.6 Å². The number of rotatable bonds is 5. The molecule has 10 aromatic rings. The fourth-order valence-electron chi connectivity index (χ4n) is 9.14. The summed E-state index contributed by atoms with van der Waals surface area (Å²) >= 11 is 0. The summed E-state index contributed by atoms with van der Waals surface area (Å²) in [4.78, 5) is 10.4. The van der Waals surface area contributed by atoms with Gasteiger partial charge in [-0.1, -0.05) is 182 Å². The molecule has 11 rings (SSSR count). The van der Waals surface area contributed by atoms with Gasteiger partial charge in [-0.25, -0.2) is 9.97 Å². The van der Waals surface area contributed by atoms with E-state index in [0.29, 0.717) is 5.82 Å². The average Bonchev–Trinajstić information content (AvgIpc) is 3.54. The van der Waals surface area contributed by atoms with Crippen molar-refractivity contribution in [3.05, 3.63) is 217 Å². The molecule has 0 aliphatic heterocycles. The number of benzene rings is 9. The van der Waals surface area contributed by atoms with E-state index in [9.17, 15) is 0 Å². The van der Waals surface area contributed by atoms with Crippen molar-refractivity contribution >= 4 is 32.3 Å². The normalized spacial score (nSPS) is 14.6. The van der Waals surface area contributed by atoms with Gasteiger partial charge >= 0.3 is 0 Å². The lowest BCUT2D eigenvalue weighted by atomic mass is 9.74. The first kappa shape index (κ1) is 32.3. The van der Waals surface area contributed by atoms with E-state index >= 15 is 0 Å². The number of nitrogens with zero attached hydrogens (tertiary/aromatic N) is 2. The highest BCUT2D eigenvalue weighted by Crippen LogP contribution is 2.53. The summed E-state index contributed by atoms with van der Waals surface area (Å²) < 4.78 is 0. The molecule has 1 aromatic heterocycles. The third-order valence-corrected chi connectivity index (χ3v) is 12.0. The van der Waals surface area contributed by atoms with Crippen molar-refractivity contribution in [3.63, 3.8) is 0 Å². The number of hydrogen-bond donors (Lipinski definition) is 0. The zero-order chi connectivity index (χ0) is 37.2. The molecular formula is C54H36N2. The Morgan fingerprint density at radius 2 is 0.964 bits per heavy atom. The highest BCUT2D eigenvalue weighted by atomic mass is 14.9. The zero-order valence-electron chi connectivity index (χ0n) is 30.9. The third-order valence-electron chi connectivity index (χ3n) is 12.0. The Kier molecular flexibility index (Phi) is 7.33. The molecule has 0 radical (unpaired) electrons. The van der Waals surface area contributed by atoms with Gasteiger partial charge in [0.1, 0.15) is 0 Å². The lowest BCUT2D eigenvalue weighted by Crippen LogP contribution is -2.22. The van der Waals surface area contributed by atoms with Crippen molar-refractivity contribution in [3.8, 4) is 56.2 Å². The first-order valence-electron chi connectivity index (χ1n) is 19.3. The second kappa shape index (κ2) is 12.7. The van der Waals surface area contributed by atoms with Crippen LogP contribution in [-0.2, 0) is 5.41 Å².